The Kier molecular flexibility index (Phi) is 4.32. The first-order valence-electron chi connectivity index (χ1n) is 9.32. The highest BCUT2D eigenvalue weighted by atomic mass is 32.1. The van der Waals surface area contributed by atoms with Gasteiger partial charge in [0, 0.05) is 11.3 Å². The van der Waals surface area contributed by atoms with Gasteiger partial charge in [0.2, 0.25) is 5.95 Å². The standard InChI is InChI=1S/C21H17FN6OS/c1-11-7-16-17(30-12(2)25-16)8-15(11)26-21-27-20(29)18-19(24-10-23-18)28(21)9-13-5-3-4-6-14(13)22/h3-8,10H,9H2,1-2H3,(H,23,24)(H,26,27,29). The number of aryl methyl sites for hydroxylation is 2. The van der Waals surface area contributed by atoms with Gasteiger partial charge < -0.3 is 10.3 Å². The number of hydrogen-bond donors (Lipinski definition) is 2. The largest absolute Gasteiger partial charge is 0.339 e. The van der Waals surface area contributed by atoms with Crippen LogP contribution < -0.4 is 10.9 Å². The fraction of sp³-hybridized carbons (Fsp3) is 0.143. The molecule has 3 heterocycles. The van der Waals surface area contributed by atoms with Gasteiger partial charge in [-0.05, 0) is 37.6 Å². The number of aromatic nitrogens is 5. The van der Waals surface area contributed by atoms with Crippen molar-refractivity contribution in [2.45, 2.75) is 20.4 Å². The van der Waals surface area contributed by atoms with Gasteiger partial charge in [0.25, 0.3) is 0 Å². The first kappa shape index (κ1) is 18.4. The molecule has 7 nitrogen and oxygen atoms in total. The number of thiazole rings is 1. The second-order valence-corrected chi connectivity index (χ2v) is 8.25. The number of fused-ring (bicyclic) bond motifs is 2. The first-order chi connectivity index (χ1) is 14.5. The van der Waals surface area contributed by atoms with Gasteiger partial charge in [0.1, 0.15) is 5.82 Å². The molecule has 5 rings (SSSR count). The average Bonchev–Trinajstić information content (AvgIpc) is 3.33. The summed E-state index contributed by atoms with van der Waals surface area (Å²) in [4.78, 5) is 28.3. The number of rotatable bonds is 4. The lowest BCUT2D eigenvalue weighted by Gasteiger charge is -2.16. The summed E-state index contributed by atoms with van der Waals surface area (Å²) in [6, 6.07) is 10.5. The third-order valence-corrected chi connectivity index (χ3v) is 5.86. The van der Waals surface area contributed by atoms with E-state index in [9.17, 15) is 9.18 Å². The number of hydrogen-bond acceptors (Lipinski definition) is 6. The molecule has 30 heavy (non-hydrogen) atoms. The van der Waals surface area contributed by atoms with E-state index in [1.54, 1.807) is 34.1 Å². The average molecular weight is 420 g/mol. The van der Waals surface area contributed by atoms with Gasteiger partial charge in [0.05, 0.1) is 28.1 Å². The SMILES string of the molecule is Cc1nc2cc(C)c(Nc3nc(=O)c4[nH]cnc4n3Cc3ccccc3F)cc2s1. The molecule has 0 unspecified atom stereocenters. The van der Waals surface area contributed by atoms with E-state index in [4.69, 9.17) is 0 Å². The van der Waals surface area contributed by atoms with Crippen LogP contribution in [0.15, 0.2) is 47.5 Å². The number of aromatic amines is 1. The van der Waals surface area contributed by atoms with E-state index in [0.29, 0.717) is 17.2 Å². The molecule has 0 bridgehead atoms. The number of anilines is 2. The summed E-state index contributed by atoms with van der Waals surface area (Å²) in [6.07, 6.45) is 1.44. The Labute approximate surface area is 174 Å². The van der Waals surface area contributed by atoms with E-state index in [0.717, 1.165) is 26.5 Å². The molecule has 2 N–H and O–H groups in total. The fourth-order valence-corrected chi connectivity index (χ4v) is 4.30. The summed E-state index contributed by atoms with van der Waals surface area (Å²) >= 11 is 1.59. The Bertz CT molecular complexity index is 1470. The Morgan fingerprint density at radius 2 is 2.03 bits per heavy atom. The molecule has 9 heteroatoms. The summed E-state index contributed by atoms with van der Waals surface area (Å²) in [6.45, 7) is 4.10. The molecule has 0 fully saturated rings. The van der Waals surface area contributed by atoms with Crippen LogP contribution in [0.5, 0.6) is 0 Å². The molecule has 0 aliphatic rings. The van der Waals surface area contributed by atoms with E-state index in [1.165, 1.54) is 12.4 Å². The van der Waals surface area contributed by atoms with Crippen LogP contribution in [-0.4, -0.2) is 24.5 Å². The minimum Gasteiger partial charge on any atom is -0.339 e. The van der Waals surface area contributed by atoms with Gasteiger partial charge in [-0.15, -0.1) is 11.3 Å². The molecule has 3 aromatic heterocycles. The maximum atomic E-state index is 14.3. The highest BCUT2D eigenvalue weighted by Crippen LogP contribution is 2.30. The molecule has 2 aromatic carbocycles. The molecule has 150 valence electrons. The van der Waals surface area contributed by atoms with Crippen LogP contribution in [-0.2, 0) is 6.54 Å². The number of imidazole rings is 1. The van der Waals surface area contributed by atoms with Crippen LogP contribution in [0.4, 0.5) is 16.0 Å². The van der Waals surface area contributed by atoms with Crippen molar-refractivity contribution in [3.05, 3.63) is 75.0 Å². The van der Waals surface area contributed by atoms with E-state index < -0.39 is 5.56 Å². The van der Waals surface area contributed by atoms with Crippen LogP contribution in [0, 0.1) is 19.7 Å². The molecule has 0 radical (unpaired) electrons. The zero-order valence-corrected chi connectivity index (χ0v) is 17.0. The summed E-state index contributed by atoms with van der Waals surface area (Å²) < 4.78 is 17.1. The second kappa shape index (κ2) is 7.03. The summed E-state index contributed by atoms with van der Waals surface area (Å²) in [7, 11) is 0. The van der Waals surface area contributed by atoms with Crippen LogP contribution >= 0.6 is 11.3 Å². The normalized spacial score (nSPS) is 11.4. The molecule has 0 atom stereocenters. The lowest BCUT2D eigenvalue weighted by molar-refractivity contribution is 0.601. The minimum absolute atomic E-state index is 0.171. The number of benzene rings is 2. The topological polar surface area (TPSA) is 88.5 Å². The van der Waals surface area contributed by atoms with Gasteiger partial charge in [-0.1, -0.05) is 18.2 Å². The maximum Gasteiger partial charge on any atom is 0.300 e. The predicted octanol–water partition coefficient (Wildman–Crippen LogP) is 4.28. The Hall–Kier alpha value is -3.59. The molecule has 0 spiro atoms. The Morgan fingerprint density at radius 3 is 2.87 bits per heavy atom. The van der Waals surface area contributed by atoms with Crippen molar-refractivity contribution < 1.29 is 4.39 Å². The van der Waals surface area contributed by atoms with Gasteiger partial charge in [-0.3, -0.25) is 9.36 Å². The van der Waals surface area contributed by atoms with Crippen LogP contribution in [0.25, 0.3) is 21.4 Å². The Balaban J connectivity index is 1.66. The van der Waals surface area contributed by atoms with E-state index in [2.05, 4.69) is 25.3 Å². The van der Waals surface area contributed by atoms with Gasteiger partial charge in [-0.2, -0.15) is 4.98 Å². The molecule has 5 aromatic rings. The summed E-state index contributed by atoms with van der Waals surface area (Å²) in [5.74, 6) is -0.0323. The molecule has 0 saturated heterocycles. The van der Waals surface area contributed by atoms with Crippen molar-refractivity contribution in [3.8, 4) is 0 Å². The minimum atomic E-state index is -0.429. The molecular weight excluding hydrogens is 403 g/mol. The van der Waals surface area contributed by atoms with Gasteiger partial charge in [0.15, 0.2) is 11.2 Å². The third kappa shape index (κ3) is 3.13. The molecule has 0 aliphatic carbocycles. The number of nitrogens with zero attached hydrogens (tertiary/aromatic N) is 4. The van der Waals surface area contributed by atoms with Crippen LogP contribution in [0.3, 0.4) is 0 Å². The predicted molar refractivity (Wildman–Crippen MR) is 116 cm³/mol. The molecule has 0 saturated carbocycles. The van der Waals surface area contributed by atoms with Gasteiger partial charge in [-0.25, -0.2) is 14.4 Å². The molecule has 0 aliphatic heterocycles. The quantitative estimate of drug-likeness (QED) is 0.453. The van der Waals surface area contributed by atoms with Crippen molar-refractivity contribution >= 4 is 44.4 Å². The fourth-order valence-electron chi connectivity index (χ4n) is 3.45. The van der Waals surface area contributed by atoms with Crippen molar-refractivity contribution in [2.75, 3.05) is 5.32 Å². The monoisotopic (exact) mass is 420 g/mol. The zero-order valence-electron chi connectivity index (χ0n) is 16.2. The zero-order chi connectivity index (χ0) is 20.8. The highest BCUT2D eigenvalue weighted by Gasteiger charge is 2.16. The number of H-pyrrole nitrogens is 1. The highest BCUT2D eigenvalue weighted by molar-refractivity contribution is 7.18. The van der Waals surface area contributed by atoms with Crippen molar-refractivity contribution in [3.63, 3.8) is 0 Å². The van der Waals surface area contributed by atoms with Crippen molar-refractivity contribution in [1.29, 1.82) is 0 Å². The van der Waals surface area contributed by atoms with E-state index >= 15 is 0 Å². The van der Waals surface area contributed by atoms with Gasteiger partial charge >= 0.3 is 5.56 Å². The summed E-state index contributed by atoms with van der Waals surface area (Å²) in [5.41, 5.74) is 3.43. The Morgan fingerprint density at radius 1 is 1.20 bits per heavy atom. The number of halogens is 1. The van der Waals surface area contributed by atoms with Crippen LogP contribution in [0.2, 0.25) is 0 Å². The lowest BCUT2D eigenvalue weighted by Crippen LogP contribution is -2.19. The van der Waals surface area contributed by atoms with Crippen molar-refractivity contribution in [2.24, 2.45) is 0 Å². The number of nitrogens with one attached hydrogen (secondary N) is 2. The molecular formula is C21H17FN6OS. The van der Waals surface area contributed by atoms with Crippen LogP contribution in [0.1, 0.15) is 16.1 Å². The van der Waals surface area contributed by atoms with E-state index in [-0.39, 0.29) is 17.9 Å². The van der Waals surface area contributed by atoms with E-state index in [1.807, 2.05) is 26.0 Å². The second-order valence-electron chi connectivity index (χ2n) is 7.01. The summed E-state index contributed by atoms with van der Waals surface area (Å²) in [5, 5.41) is 4.24. The third-order valence-electron chi connectivity index (χ3n) is 4.93. The first-order valence-corrected chi connectivity index (χ1v) is 10.1. The van der Waals surface area contributed by atoms with Crippen molar-refractivity contribution in [1.82, 2.24) is 24.5 Å². The molecule has 0 amide bonds. The lowest BCUT2D eigenvalue weighted by atomic mass is 10.2. The smallest absolute Gasteiger partial charge is 0.300 e. The maximum absolute atomic E-state index is 14.3.